The highest BCUT2D eigenvalue weighted by molar-refractivity contribution is 6.31. The summed E-state index contributed by atoms with van der Waals surface area (Å²) in [4.78, 5) is 27.7. The van der Waals surface area contributed by atoms with E-state index in [9.17, 15) is 9.59 Å². The van der Waals surface area contributed by atoms with E-state index in [0.717, 1.165) is 5.56 Å². The number of ether oxygens (including phenoxy) is 2. The molecule has 0 fully saturated rings. The number of nitrogens with zero attached hydrogens (tertiary/aromatic N) is 1. The molecule has 0 saturated heterocycles. The number of benzene rings is 2. The third-order valence-corrected chi connectivity index (χ3v) is 4.97. The van der Waals surface area contributed by atoms with Gasteiger partial charge < -0.3 is 19.7 Å². The molecule has 1 atom stereocenters. The Morgan fingerprint density at radius 3 is 2.23 bits per heavy atom. The van der Waals surface area contributed by atoms with Gasteiger partial charge in [0.15, 0.2) is 6.61 Å². The van der Waals surface area contributed by atoms with E-state index in [1.807, 2.05) is 45.9 Å². The lowest BCUT2D eigenvalue weighted by Gasteiger charge is -2.33. The van der Waals surface area contributed by atoms with Crippen LogP contribution in [0.4, 0.5) is 0 Å². The second-order valence-electron chi connectivity index (χ2n) is 8.24. The third-order valence-electron chi connectivity index (χ3n) is 4.60. The summed E-state index contributed by atoms with van der Waals surface area (Å²) in [6.45, 7) is 7.61. The predicted molar refractivity (Wildman–Crippen MR) is 122 cm³/mol. The van der Waals surface area contributed by atoms with E-state index in [1.54, 1.807) is 37.4 Å². The first kappa shape index (κ1) is 24.5. The number of hydrogen-bond acceptors (Lipinski definition) is 4. The lowest BCUT2D eigenvalue weighted by molar-refractivity contribution is -0.143. The topological polar surface area (TPSA) is 67.9 Å². The summed E-state index contributed by atoms with van der Waals surface area (Å²) in [5, 5.41) is 3.52. The van der Waals surface area contributed by atoms with Crippen molar-refractivity contribution in [3.8, 4) is 11.5 Å². The number of carbonyl (C=O) groups is 2. The van der Waals surface area contributed by atoms with Crippen molar-refractivity contribution in [2.75, 3.05) is 13.7 Å². The number of hydrogen-bond donors (Lipinski definition) is 1. The Bertz CT molecular complexity index is 878. The van der Waals surface area contributed by atoms with E-state index in [2.05, 4.69) is 5.32 Å². The number of halogens is 1. The van der Waals surface area contributed by atoms with Gasteiger partial charge in [0.05, 0.1) is 7.11 Å². The van der Waals surface area contributed by atoms with Gasteiger partial charge in [-0.1, -0.05) is 36.7 Å². The summed E-state index contributed by atoms with van der Waals surface area (Å²) in [7, 11) is 1.58. The van der Waals surface area contributed by atoms with Crippen LogP contribution in [-0.4, -0.2) is 42.0 Å². The van der Waals surface area contributed by atoms with Crippen LogP contribution in [0.1, 0.15) is 39.7 Å². The summed E-state index contributed by atoms with van der Waals surface area (Å²) in [6, 6.07) is 13.6. The van der Waals surface area contributed by atoms with Crippen molar-refractivity contribution in [2.45, 2.75) is 52.2 Å². The second-order valence-corrected chi connectivity index (χ2v) is 8.65. The molecular formula is C24H31ClN2O4. The number of rotatable bonds is 9. The van der Waals surface area contributed by atoms with Crippen LogP contribution in [0.3, 0.4) is 0 Å². The van der Waals surface area contributed by atoms with E-state index < -0.39 is 11.6 Å². The van der Waals surface area contributed by atoms with E-state index >= 15 is 0 Å². The van der Waals surface area contributed by atoms with Gasteiger partial charge in [0.25, 0.3) is 5.91 Å². The lowest BCUT2D eigenvalue weighted by Crippen LogP contribution is -2.54. The SMILES string of the molecule is CCC(C(=O)NC(C)(C)C)N(Cc1ccccc1Cl)C(=O)COc1ccc(OC)cc1. The Labute approximate surface area is 189 Å². The zero-order valence-electron chi connectivity index (χ0n) is 18.8. The highest BCUT2D eigenvalue weighted by Gasteiger charge is 2.31. The van der Waals surface area contributed by atoms with Crippen LogP contribution in [0.25, 0.3) is 0 Å². The van der Waals surface area contributed by atoms with E-state index in [0.29, 0.717) is 22.9 Å². The van der Waals surface area contributed by atoms with Crippen molar-refractivity contribution in [2.24, 2.45) is 0 Å². The minimum absolute atomic E-state index is 0.198. The number of methoxy groups -OCH3 is 1. The Balaban J connectivity index is 2.22. The first-order chi connectivity index (χ1) is 14.6. The van der Waals surface area contributed by atoms with Gasteiger partial charge in [0.2, 0.25) is 5.91 Å². The van der Waals surface area contributed by atoms with Crippen LogP contribution in [0.2, 0.25) is 5.02 Å². The molecule has 2 aromatic rings. The molecule has 0 aliphatic carbocycles. The molecule has 6 nitrogen and oxygen atoms in total. The zero-order chi connectivity index (χ0) is 23.0. The van der Waals surface area contributed by atoms with Crippen LogP contribution in [0, 0.1) is 0 Å². The maximum Gasteiger partial charge on any atom is 0.261 e. The Kier molecular flexibility index (Phi) is 8.75. The molecule has 2 rings (SSSR count). The van der Waals surface area contributed by atoms with Crippen molar-refractivity contribution >= 4 is 23.4 Å². The standard InChI is InChI=1S/C24H31ClN2O4/c1-6-21(23(29)26-24(2,3)4)27(15-17-9-7-8-10-20(17)25)22(28)16-31-19-13-11-18(30-5)12-14-19/h7-14,21H,6,15-16H2,1-5H3,(H,26,29). The summed E-state index contributed by atoms with van der Waals surface area (Å²) in [6.07, 6.45) is 0.459. The fourth-order valence-electron chi connectivity index (χ4n) is 3.08. The summed E-state index contributed by atoms with van der Waals surface area (Å²) in [5.74, 6) is 0.731. The molecule has 0 heterocycles. The average Bonchev–Trinajstić information content (AvgIpc) is 2.72. The summed E-state index contributed by atoms with van der Waals surface area (Å²) in [5.41, 5.74) is 0.354. The maximum atomic E-state index is 13.2. The van der Waals surface area contributed by atoms with E-state index in [1.165, 1.54) is 4.90 Å². The van der Waals surface area contributed by atoms with Gasteiger partial charge in [-0.05, 0) is 63.1 Å². The zero-order valence-corrected chi connectivity index (χ0v) is 19.5. The van der Waals surface area contributed by atoms with Gasteiger partial charge in [-0.15, -0.1) is 0 Å². The summed E-state index contributed by atoms with van der Waals surface area (Å²) < 4.78 is 10.8. The van der Waals surface area contributed by atoms with Crippen LogP contribution < -0.4 is 14.8 Å². The molecule has 1 unspecified atom stereocenters. The van der Waals surface area contributed by atoms with Gasteiger partial charge in [-0.2, -0.15) is 0 Å². The largest absolute Gasteiger partial charge is 0.497 e. The van der Waals surface area contributed by atoms with Crippen molar-refractivity contribution in [1.82, 2.24) is 10.2 Å². The molecule has 0 saturated carbocycles. The molecule has 168 valence electrons. The normalized spacial score (nSPS) is 12.1. The third kappa shape index (κ3) is 7.47. The fraction of sp³-hybridized carbons (Fsp3) is 0.417. The molecule has 1 N–H and O–H groups in total. The van der Waals surface area contributed by atoms with Crippen molar-refractivity contribution < 1.29 is 19.1 Å². The molecule has 0 radical (unpaired) electrons. The minimum Gasteiger partial charge on any atom is -0.497 e. The molecule has 7 heteroatoms. The van der Waals surface area contributed by atoms with Gasteiger partial charge in [-0.3, -0.25) is 9.59 Å². The predicted octanol–water partition coefficient (Wildman–Crippen LogP) is 4.45. The number of amides is 2. The van der Waals surface area contributed by atoms with Crippen molar-refractivity contribution in [3.63, 3.8) is 0 Å². The molecule has 0 bridgehead atoms. The molecule has 0 aliphatic rings. The molecule has 2 amide bonds. The van der Waals surface area contributed by atoms with Crippen molar-refractivity contribution in [3.05, 3.63) is 59.1 Å². The van der Waals surface area contributed by atoms with Crippen LogP contribution in [0.15, 0.2) is 48.5 Å². The fourth-order valence-corrected chi connectivity index (χ4v) is 3.28. The first-order valence-electron chi connectivity index (χ1n) is 10.3. The maximum absolute atomic E-state index is 13.2. The second kappa shape index (κ2) is 11.0. The quantitative estimate of drug-likeness (QED) is 0.617. The molecular weight excluding hydrogens is 416 g/mol. The van der Waals surface area contributed by atoms with Gasteiger partial charge in [0.1, 0.15) is 17.5 Å². The Morgan fingerprint density at radius 2 is 1.68 bits per heavy atom. The lowest BCUT2D eigenvalue weighted by atomic mass is 10.1. The Hall–Kier alpha value is -2.73. The molecule has 2 aromatic carbocycles. The van der Waals surface area contributed by atoms with Gasteiger partial charge in [0, 0.05) is 17.1 Å². The average molecular weight is 447 g/mol. The highest BCUT2D eigenvalue weighted by Crippen LogP contribution is 2.21. The van der Waals surface area contributed by atoms with E-state index in [4.69, 9.17) is 21.1 Å². The number of nitrogens with one attached hydrogen (secondary N) is 1. The molecule has 31 heavy (non-hydrogen) atoms. The first-order valence-corrected chi connectivity index (χ1v) is 10.6. The summed E-state index contributed by atoms with van der Waals surface area (Å²) >= 11 is 6.33. The number of carbonyl (C=O) groups excluding carboxylic acids is 2. The molecule has 0 spiro atoms. The van der Waals surface area contributed by atoms with Gasteiger partial charge >= 0.3 is 0 Å². The minimum atomic E-state index is -0.650. The van der Waals surface area contributed by atoms with Crippen LogP contribution >= 0.6 is 11.6 Å². The highest BCUT2D eigenvalue weighted by atomic mass is 35.5. The molecule has 0 aromatic heterocycles. The van der Waals surface area contributed by atoms with E-state index in [-0.39, 0.29) is 25.0 Å². The smallest absolute Gasteiger partial charge is 0.261 e. The Morgan fingerprint density at radius 1 is 1.06 bits per heavy atom. The van der Waals surface area contributed by atoms with Crippen LogP contribution in [-0.2, 0) is 16.1 Å². The monoisotopic (exact) mass is 446 g/mol. The van der Waals surface area contributed by atoms with Crippen molar-refractivity contribution in [1.29, 1.82) is 0 Å². The van der Waals surface area contributed by atoms with Gasteiger partial charge in [-0.25, -0.2) is 0 Å². The molecule has 0 aliphatic heterocycles. The van der Waals surface area contributed by atoms with Crippen LogP contribution in [0.5, 0.6) is 11.5 Å².